The van der Waals surface area contributed by atoms with Crippen molar-refractivity contribution in [2.24, 2.45) is 0 Å². The van der Waals surface area contributed by atoms with Gasteiger partial charge in [-0.1, -0.05) is 24.3 Å². The van der Waals surface area contributed by atoms with Gasteiger partial charge >= 0.3 is 18.0 Å². The van der Waals surface area contributed by atoms with Crippen LogP contribution in [0.3, 0.4) is 0 Å². The lowest BCUT2D eigenvalue weighted by Gasteiger charge is -2.33. The summed E-state index contributed by atoms with van der Waals surface area (Å²) in [4.78, 5) is 0. The number of alkyl halides is 7. The molecule has 0 saturated heterocycles. The van der Waals surface area contributed by atoms with Gasteiger partial charge in [-0.05, 0) is 11.1 Å². The van der Waals surface area contributed by atoms with Gasteiger partial charge in [-0.3, -0.25) is 0 Å². The molecule has 0 aliphatic rings. The Morgan fingerprint density at radius 3 is 1.81 bits per heavy atom. The van der Waals surface area contributed by atoms with E-state index in [2.05, 4.69) is 4.74 Å². The number of hydrogen-bond donors (Lipinski definition) is 1. The molecule has 1 unspecified atom stereocenters. The van der Waals surface area contributed by atoms with Crippen LogP contribution < -0.4 is 0 Å². The first kappa shape index (κ1) is 17.7. The Kier molecular flexibility index (Phi) is 4.89. The lowest BCUT2D eigenvalue weighted by molar-refractivity contribution is -0.373. The molecule has 0 aliphatic heterocycles. The third-order valence-corrected chi connectivity index (χ3v) is 2.80. The quantitative estimate of drug-likeness (QED) is 0.838. The number of benzene rings is 1. The number of aliphatic hydroxyl groups is 1. The van der Waals surface area contributed by atoms with Gasteiger partial charge in [0.25, 0.3) is 0 Å². The van der Waals surface area contributed by atoms with Crippen molar-refractivity contribution in [1.82, 2.24) is 0 Å². The van der Waals surface area contributed by atoms with Gasteiger partial charge in [0.15, 0.2) is 6.10 Å². The maximum absolute atomic E-state index is 13.6. The van der Waals surface area contributed by atoms with Crippen molar-refractivity contribution in [3.05, 3.63) is 35.4 Å². The molecule has 9 heteroatoms. The Morgan fingerprint density at radius 2 is 1.48 bits per heavy atom. The number of rotatable bonds is 5. The SMILES string of the molecule is COC(c1ccc(CO)cc1)C(F)(F)C(F)(F)C(F)(F)F. The number of aliphatic hydroxyl groups excluding tert-OH is 1. The van der Waals surface area contributed by atoms with E-state index in [0.717, 1.165) is 24.3 Å². The summed E-state index contributed by atoms with van der Waals surface area (Å²) in [6.45, 7) is -0.437. The summed E-state index contributed by atoms with van der Waals surface area (Å²) in [6, 6.07) is 4.01. The third-order valence-electron chi connectivity index (χ3n) is 2.80. The summed E-state index contributed by atoms with van der Waals surface area (Å²) in [6.07, 6.45) is -9.21. The Morgan fingerprint density at radius 1 is 1.00 bits per heavy atom. The highest BCUT2D eigenvalue weighted by Crippen LogP contribution is 2.52. The molecule has 0 heterocycles. The second-order valence-electron chi connectivity index (χ2n) is 4.21. The summed E-state index contributed by atoms with van der Waals surface area (Å²) in [7, 11) is 0.602. The normalized spacial score (nSPS) is 15.1. The molecule has 2 nitrogen and oxygen atoms in total. The largest absolute Gasteiger partial charge is 0.459 e. The molecular formula is C12H11F7O2. The predicted molar refractivity (Wildman–Crippen MR) is 58.1 cm³/mol. The van der Waals surface area contributed by atoms with E-state index in [1.54, 1.807) is 0 Å². The Balaban J connectivity index is 3.23. The molecule has 0 fully saturated rings. The summed E-state index contributed by atoms with van der Waals surface area (Å²) in [5, 5.41) is 8.77. The van der Waals surface area contributed by atoms with Gasteiger partial charge in [0.1, 0.15) is 0 Å². The Labute approximate surface area is 115 Å². The van der Waals surface area contributed by atoms with Gasteiger partial charge in [-0.25, -0.2) is 0 Å². The molecule has 120 valence electrons. The van der Waals surface area contributed by atoms with Crippen molar-refractivity contribution in [2.75, 3.05) is 7.11 Å². The number of halogens is 7. The van der Waals surface area contributed by atoms with Crippen molar-refractivity contribution >= 4 is 0 Å². The molecule has 1 aromatic carbocycles. The van der Waals surface area contributed by atoms with Crippen molar-refractivity contribution in [1.29, 1.82) is 0 Å². The molecule has 0 bridgehead atoms. The van der Waals surface area contributed by atoms with Gasteiger partial charge in [-0.15, -0.1) is 0 Å². The summed E-state index contributed by atoms with van der Waals surface area (Å²) >= 11 is 0. The first-order valence-corrected chi connectivity index (χ1v) is 5.54. The second kappa shape index (κ2) is 5.80. The highest BCUT2D eigenvalue weighted by Gasteiger charge is 2.75. The number of hydrogen-bond acceptors (Lipinski definition) is 2. The van der Waals surface area contributed by atoms with Crippen LogP contribution in [0, 0.1) is 0 Å². The van der Waals surface area contributed by atoms with E-state index in [-0.39, 0.29) is 5.56 Å². The standard InChI is InChI=1S/C12H11F7O2/c1-21-9(8-4-2-7(6-20)3-5-8)10(13,14)11(15,16)12(17,18)19/h2-5,9,20H,6H2,1H3. The van der Waals surface area contributed by atoms with E-state index >= 15 is 0 Å². The van der Waals surface area contributed by atoms with E-state index in [1.165, 1.54) is 0 Å². The lowest BCUT2D eigenvalue weighted by atomic mass is 9.97. The smallest absolute Gasteiger partial charge is 0.392 e. The maximum Gasteiger partial charge on any atom is 0.459 e. The lowest BCUT2D eigenvalue weighted by Crippen LogP contribution is -2.55. The van der Waals surface area contributed by atoms with Gasteiger partial charge < -0.3 is 9.84 Å². The van der Waals surface area contributed by atoms with E-state index in [4.69, 9.17) is 5.11 Å². The monoisotopic (exact) mass is 320 g/mol. The molecule has 0 aliphatic carbocycles. The summed E-state index contributed by atoms with van der Waals surface area (Å²) in [5.41, 5.74) is -0.289. The van der Waals surface area contributed by atoms with Gasteiger partial charge in [-0.2, -0.15) is 30.7 Å². The van der Waals surface area contributed by atoms with Crippen molar-refractivity contribution in [3.63, 3.8) is 0 Å². The molecule has 1 rings (SSSR count). The average Bonchev–Trinajstić information content (AvgIpc) is 2.38. The van der Waals surface area contributed by atoms with Crippen LogP contribution in [0.5, 0.6) is 0 Å². The van der Waals surface area contributed by atoms with Gasteiger partial charge in [0.2, 0.25) is 0 Å². The molecule has 1 N–H and O–H groups in total. The number of methoxy groups -OCH3 is 1. The molecule has 0 spiro atoms. The Bertz CT molecular complexity index is 467. The van der Waals surface area contributed by atoms with E-state index < -0.39 is 36.3 Å². The van der Waals surface area contributed by atoms with Crippen LogP contribution in [0.25, 0.3) is 0 Å². The molecule has 21 heavy (non-hydrogen) atoms. The van der Waals surface area contributed by atoms with Crippen LogP contribution in [-0.4, -0.2) is 30.2 Å². The first-order valence-electron chi connectivity index (χ1n) is 5.54. The molecule has 0 radical (unpaired) electrons. The zero-order chi connectivity index (χ0) is 16.5. The first-order chi connectivity index (χ1) is 9.49. The molecule has 0 saturated carbocycles. The van der Waals surface area contributed by atoms with Crippen LogP contribution >= 0.6 is 0 Å². The van der Waals surface area contributed by atoms with E-state index in [0.29, 0.717) is 7.11 Å². The third kappa shape index (κ3) is 3.13. The minimum Gasteiger partial charge on any atom is -0.392 e. The highest BCUT2D eigenvalue weighted by atomic mass is 19.4. The molecule has 1 aromatic rings. The zero-order valence-electron chi connectivity index (χ0n) is 10.6. The fourth-order valence-electron chi connectivity index (χ4n) is 1.64. The minimum absolute atomic E-state index is 0.277. The average molecular weight is 320 g/mol. The van der Waals surface area contributed by atoms with Crippen molar-refractivity contribution in [3.8, 4) is 0 Å². The fourth-order valence-corrected chi connectivity index (χ4v) is 1.64. The summed E-state index contributed by atoms with van der Waals surface area (Å²) in [5.74, 6) is -11.8. The zero-order valence-corrected chi connectivity index (χ0v) is 10.6. The van der Waals surface area contributed by atoms with E-state index in [9.17, 15) is 30.7 Å². The van der Waals surface area contributed by atoms with Crippen molar-refractivity contribution in [2.45, 2.75) is 30.7 Å². The van der Waals surface area contributed by atoms with Crippen molar-refractivity contribution < 1.29 is 40.6 Å². The second-order valence-corrected chi connectivity index (χ2v) is 4.21. The highest BCUT2D eigenvalue weighted by molar-refractivity contribution is 5.26. The minimum atomic E-state index is -6.42. The maximum atomic E-state index is 13.6. The predicted octanol–water partition coefficient (Wildman–Crippen LogP) is 3.70. The number of ether oxygens (including phenoxy) is 1. The van der Waals surface area contributed by atoms with Crippen LogP contribution in [0.4, 0.5) is 30.7 Å². The van der Waals surface area contributed by atoms with Crippen LogP contribution in [0.2, 0.25) is 0 Å². The Hall–Kier alpha value is -1.35. The van der Waals surface area contributed by atoms with Crippen LogP contribution in [0.15, 0.2) is 24.3 Å². The molecule has 0 aromatic heterocycles. The fraction of sp³-hybridized carbons (Fsp3) is 0.500. The summed E-state index contributed by atoms with van der Waals surface area (Å²) < 4.78 is 93.7. The molecular weight excluding hydrogens is 309 g/mol. The van der Waals surface area contributed by atoms with E-state index in [1.807, 2.05) is 0 Å². The van der Waals surface area contributed by atoms with Gasteiger partial charge in [0, 0.05) is 7.11 Å². The molecule has 0 amide bonds. The van der Waals surface area contributed by atoms with Crippen LogP contribution in [0.1, 0.15) is 17.2 Å². The van der Waals surface area contributed by atoms with Crippen LogP contribution in [-0.2, 0) is 11.3 Å². The topological polar surface area (TPSA) is 29.5 Å². The molecule has 1 atom stereocenters. The van der Waals surface area contributed by atoms with Gasteiger partial charge in [0.05, 0.1) is 6.61 Å².